The number of ether oxygens (including phenoxy) is 2. The summed E-state index contributed by atoms with van der Waals surface area (Å²) in [7, 11) is 0. The maximum Gasteiger partial charge on any atom is 0.231 e. The average Bonchev–Trinajstić information content (AvgIpc) is 2.71. The van der Waals surface area contributed by atoms with Crippen molar-refractivity contribution >= 4 is 0 Å². The summed E-state index contributed by atoms with van der Waals surface area (Å²) in [4.78, 5) is 0. The molecule has 1 aliphatic carbocycles. The lowest BCUT2D eigenvalue weighted by Crippen LogP contribution is -2.44. The van der Waals surface area contributed by atoms with E-state index in [-0.39, 0.29) is 5.54 Å². The number of benzene rings is 1. The topological polar surface area (TPSA) is 44.5 Å². The van der Waals surface area contributed by atoms with Crippen molar-refractivity contribution in [2.45, 2.75) is 44.6 Å². The summed E-state index contributed by atoms with van der Waals surface area (Å²) in [5.41, 5.74) is 8.81. The van der Waals surface area contributed by atoms with Gasteiger partial charge in [-0.05, 0) is 36.8 Å². The lowest BCUT2D eigenvalue weighted by Gasteiger charge is -2.40. The van der Waals surface area contributed by atoms with Crippen molar-refractivity contribution in [3.63, 3.8) is 0 Å². The Balaban J connectivity index is 2.15. The van der Waals surface area contributed by atoms with Crippen LogP contribution in [-0.2, 0) is 5.54 Å². The van der Waals surface area contributed by atoms with Gasteiger partial charge in [0.15, 0.2) is 11.5 Å². The molecule has 3 heteroatoms. The second kappa shape index (κ2) is 3.64. The van der Waals surface area contributed by atoms with Gasteiger partial charge in [-0.1, -0.05) is 19.9 Å². The van der Waals surface area contributed by atoms with Gasteiger partial charge in [0, 0.05) is 11.1 Å². The predicted octanol–water partition coefficient (Wildman–Crippen LogP) is 2.88. The van der Waals surface area contributed by atoms with Crippen molar-refractivity contribution in [1.29, 1.82) is 0 Å². The molecule has 0 radical (unpaired) electrons. The summed E-state index contributed by atoms with van der Waals surface area (Å²) >= 11 is 0. The van der Waals surface area contributed by atoms with Gasteiger partial charge in [-0.25, -0.2) is 0 Å². The first-order chi connectivity index (χ1) is 8.12. The van der Waals surface area contributed by atoms with E-state index in [4.69, 9.17) is 15.2 Å². The molecule has 0 spiro atoms. The Morgan fingerprint density at radius 2 is 2.00 bits per heavy atom. The van der Waals surface area contributed by atoms with Crippen LogP contribution in [0.1, 0.15) is 50.2 Å². The lowest BCUT2D eigenvalue weighted by molar-refractivity contribution is 0.172. The largest absolute Gasteiger partial charge is 0.454 e. The normalized spacial score (nSPS) is 20.5. The molecule has 2 N–H and O–H groups in total. The summed E-state index contributed by atoms with van der Waals surface area (Å²) < 4.78 is 11.1. The molecule has 1 aromatic carbocycles. The molecule has 1 heterocycles. The van der Waals surface area contributed by atoms with Gasteiger partial charge in [-0.15, -0.1) is 0 Å². The first-order valence-electron chi connectivity index (χ1n) is 6.34. The minimum atomic E-state index is -0.138. The van der Waals surface area contributed by atoms with Crippen LogP contribution < -0.4 is 15.2 Å². The van der Waals surface area contributed by atoms with Crippen molar-refractivity contribution in [2.75, 3.05) is 6.79 Å². The van der Waals surface area contributed by atoms with Crippen molar-refractivity contribution in [1.82, 2.24) is 0 Å². The van der Waals surface area contributed by atoms with Crippen LogP contribution in [-0.4, -0.2) is 6.79 Å². The second-order valence-corrected chi connectivity index (χ2v) is 5.42. The fraction of sp³-hybridized carbons (Fsp3) is 0.571. The van der Waals surface area contributed by atoms with Crippen LogP contribution in [0.15, 0.2) is 12.1 Å². The molecular formula is C14H19NO2. The van der Waals surface area contributed by atoms with Gasteiger partial charge in [0.1, 0.15) is 0 Å². The second-order valence-electron chi connectivity index (χ2n) is 5.42. The number of rotatable bonds is 2. The van der Waals surface area contributed by atoms with E-state index in [1.807, 2.05) is 6.07 Å². The number of hydrogen-bond donors (Lipinski definition) is 1. The van der Waals surface area contributed by atoms with E-state index < -0.39 is 0 Å². The van der Waals surface area contributed by atoms with Gasteiger partial charge >= 0.3 is 0 Å². The van der Waals surface area contributed by atoms with E-state index in [0.717, 1.165) is 24.3 Å². The standard InChI is InChI=1S/C14H19NO2/c1-9(2)12-10(14(15)6-3-7-14)4-5-11-13(12)17-8-16-11/h4-5,9H,3,6-8,15H2,1-2H3. The van der Waals surface area contributed by atoms with Gasteiger partial charge in [-0.3, -0.25) is 0 Å². The molecule has 3 nitrogen and oxygen atoms in total. The first-order valence-corrected chi connectivity index (χ1v) is 6.34. The third-order valence-electron chi connectivity index (χ3n) is 3.94. The summed E-state index contributed by atoms with van der Waals surface area (Å²) in [6.45, 7) is 4.70. The van der Waals surface area contributed by atoms with Crippen molar-refractivity contribution < 1.29 is 9.47 Å². The predicted molar refractivity (Wildman–Crippen MR) is 66.4 cm³/mol. The molecule has 0 aromatic heterocycles. The Hall–Kier alpha value is -1.22. The van der Waals surface area contributed by atoms with E-state index in [1.54, 1.807) is 0 Å². The quantitative estimate of drug-likeness (QED) is 0.854. The zero-order chi connectivity index (χ0) is 12.0. The molecule has 0 bridgehead atoms. The molecular weight excluding hydrogens is 214 g/mol. The molecule has 1 aromatic rings. The Morgan fingerprint density at radius 3 is 2.59 bits per heavy atom. The fourth-order valence-corrected chi connectivity index (χ4v) is 2.83. The van der Waals surface area contributed by atoms with Gasteiger partial charge in [0.05, 0.1) is 0 Å². The highest BCUT2D eigenvalue weighted by molar-refractivity contribution is 5.55. The summed E-state index contributed by atoms with van der Waals surface area (Å²) in [6, 6.07) is 4.12. The third-order valence-corrected chi connectivity index (χ3v) is 3.94. The molecule has 0 amide bonds. The Bertz CT molecular complexity index is 450. The molecule has 1 saturated carbocycles. The average molecular weight is 233 g/mol. The Morgan fingerprint density at radius 1 is 1.24 bits per heavy atom. The van der Waals surface area contributed by atoms with Gasteiger partial charge < -0.3 is 15.2 Å². The molecule has 3 rings (SSSR count). The molecule has 17 heavy (non-hydrogen) atoms. The molecule has 92 valence electrons. The van der Waals surface area contributed by atoms with Crippen molar-refractivity contribution in [2.24, 2.45) is 5.73 Å². The molecule has 1 aliphatic heterocycles. The highest BCUT2D eigenvalue weighted by atomic mass is 16.7. The molecule has 2 aliphatic rings. The Labute approximate surface area is 102 Å². The highest BCUT2D eigenvalue weighted by Crippen LogP contribution is 2.48. The Kier molecular flexibility index (Phi) is 2.33. The summed E-state index contributed by atoms with van der Waals surface area (Å²) in [5, 5.41) is 0. The van der Waals surface area contributed by atoms with E-state index >= 15 is 0 Å². The van der Waals surface area contributed by atoms with E-state index in [9.17, 15) is 0 Å². The van der Waals surface area contributed by atoms with Gasteiger partial charge in [-0.2, -0.15) is 0 Å². The van der Waals surface area contributed by atoms with Crippen molar-refractivity contribution in [3.05, 3.63) is 23.3 Å². The zero-order valence-corrected chi connectivity index (χ0v) is 10.5. The molecule has 0 atom stereocenters. The van der Waals surface area contributed by atoms with Crippen LogP contribution in [0, 0.1) is 0 Å². The fourth-order valence-electron chi connectivity index (χ4n) is 2.83. The van der Waals surface area contributed by atoms with Crippen LogP contribution in [0.25, 0.3) is 0 Å². The van der Waals surface area contributed by atoms with Gasteiger partial charge in [0.2, 0.25) is 6.79 Å². The van der Waals surface area contributed by atoms with Gasteiger partial charge in [0.25, 0.3) is 0 Å². The number of nitrogens with two attached hydrogens (primary N) is 1. The zero-order valence-electron chi connectivity index (χ0n) is 10.5. The van der Waals surface area contributed by atoms with Crippen molar-refractivity contribution in [3.8, 4) is 11.5 Å². The van der Waals surface area contributed by atoms with Crippen LogP contribution in [0.5, 0.6) is 11.5 Å². The van der Waals surface area contributed by atoms with Crippen LogP contribution >= 0.6 is 0 Å². The molecule has 0 saturated heterocycles. The maximum absolute atomic E-state index is 6.46. The number of hydrogen-bond acceptors (Lipinski definition) is 3. The maximum atomic E-state index is 6.46. The first kappa shape index (κ1) is 10.9. The van der Waals surface area contributed by atoms with Crippen LogP contribution in [0.3, 0.4) is 0 Å². The molecule has 0 unspecified atom stereocenters. The minimum absolute atomic E-state index is 0.138. The lowest BCUT2D eigenvalue weighted by atomic mass is 9.70. The third kappa shape index (κ3) is 1.53. The van der Waals surface area contributed by atoms with Crippen LogP contribution in [0.2, 0.25) is 0 Å². The smallest absolute Gasteiger partial charge is 0.231 e. The van der Waals surface area contributed by atoms with E-state index in [1.165, 1.54) is 17.5 Å². The van der Waals surface area contributed by atoms with Crippen LogP contribution in [0.4, 0.5) is 0 Å². The summed E-state index contributed by atoms with van der Waals surface area (Å²) in [5.74, 6) is 2.18. The monoisotopic (exact) mass is 233 g/mol. The molecule has 1 fully saturated rings. The SMILES string of the molecule is CC(C)c1c(C2(N)CCC2)ccc2c1OCO2. The highest BCUT2D eigenvalue weighted by Gasteiger charge is 2.38. The number of fused-ring (bicyclic) bond motifs is 1. The minimum Gasteiger partial charge on any atom is -0.454 e. The van der Waals surface area contributed by atoms with E-state index in [0.29, 0.717) is 12.7 Å². The van der Waals surface area contributed by atoms with E-state index in [2.05, 4.69) is 19.9 Å². The summed E-state index contributed by atoms with van der Waals surface area (Å²) in [6.07, 6.45) is 3.38.